The van der Waals surface area contributed by atoms with E-state index in [-0.39, 0.29) is 5.54 Å². The Morgan fingerprint density at radius 1 is 1.50 bits per heavy atom. The van der Waals surface area contributed by atoms with Crippen molar-refractivity contribution in [3.05, 3.63) is 34.1 Å². The van der Waals surface area contributed by atoms with E-state index in [0.717, 1.165) is 31.5 Å². The van der Waals surface area contributed by atoms with E-state index in [2.05, 4.69) is 16.2 Å². The fourth-order valence-corrected chi connectivity index (χ4v) is 2.57. The van der Waals surface area contributed by atoms with Crippen LogP contribution in [0.1, 0.15) is 35.9 Å². The number of hydrogen-bond acceptors (Lipinski definition) is 5. The molecule has 0 unspecified atom stereocenters. The Kier molecular flexibility index (Phi) is 2.29. The van der Waals surface area contributed by atoms with Gasteiger partial charge in [0.1, 0.15) is 0 Å². The highest BCUT2D eigenvalue weighted by molar-refractivity contribution is 7.09. The first-order chi connectivity index (χ1) is 7.76. The summed E-state index contributed by atoms with van der Waals surface area (Å²) in [6.45, 7) is 0. The zero-order valence-corrected chi connectivity index (χ0v) is 9.67. The molecule has 1 saturated carbocycles. The number of aromatic nitrogens is 2. The molecule has 2 heterocycles. The second kappa shape index (κ2) is 3.68. The molecule has 4 nitrogen and oxygen atoms in total. The molecule has 2 N–H and O–H groups in total. The summed E-state index contributed by atoms with van der Waals surface area (Å²) in [6.07, 6.45) is 3.79. The van der Waals surface area contributed by atoms with E-state index in [1.54, 1.807) is 11.3 Å². The lowest BCUT2D eigenvalue weighted by molar-refractivity contribution is 0.181. The number of nitrogens with zero attached hydrogens (tertiary/aromatic N) is 2. The van der Waals surface area contributed by atoms with Gasteiger partial charge in [-0.05, 0) is 30.7 Å². The van der Waals surface area contributed by atoms with Gasteiger partial charge >= 0.3 is 0 Å². The van der Waals surface area contributed by atoms with Crippen molar-refractivity contribution in [1.82, 2.24) is 10.1 Å². The number of nitrogens with two attached hydrogens (primary N) is 1. The maximum atomic E-state index is 6.12. The van der Waals surface area contributed by atoms with Crippen LogP contribution in [0, 0.1) is 0 Å². The highest BCUT2D eigenvalue weighted by Crippen LogP contribution is 2.37. The van der Waals surface area contributed by atoms with Crippen LogP contribution in [0.5, 0.6) is 0 Å². The molecule has 0 bridgehead atoms. The van der Waals surface area contributed by atoms with Gasteiger partial charge in [-0.25, -0.2) is 0 Å². The second-order valence-electron chi connectivity index (χ2n) is 4.28. The third-order valence-electron chi connectivity index (χ3n) is 3.05. The first-order valence-electron chi connectivity index (χ1n) is 5.41. The molecule has 1 aliphatic carbocycles. The lowest BCUT2D eigenvalue weighted by Gasteiger charge is -2.33. The Hall–Kier alpha value is -1.20. The SMILES string of the molecule is NC1(c2nc(Cc3cccs3)no2)CCC1. The maximum Gasteiger partial charge on any atom is 0.246 e. The van der Waals surface area contributed by atoms with Gasteiger partial charge in [0, 0.05) is 11.3 Å². The van der Waals surface area contributed by atoms with E-state index < -0.39 is 0 Å². The molecule has 1 aliphatic rings. The normalized spacial score (nSPS) is 18.3. The topological polar surface area (TPSA) is 64.9 Å². The van der Waals surface area contributed by atoms with Gasteiger partial charge in [-0.1, -0.05) is 11.2 Å². The summed E-state index contributed by atoms with van der Waals surface area (Å²) < 4.78 is 5.24. The predicted molar refractivity (Wildman–Crippen MR) is 61.1 cm³/mol. The van der Waals surface area contributed by atoms with Crippen LogP contribution in [-0.4, -0.2) is 10.1 Å². The summed E-state index contributed by atoms with van der Waals surface area (Å²) in [7, 11) is 0. The first-order valence-corrected chi connectivity index (χ1v) is 6.29. The quantitative estimate of drug-likeness (QED) is 0.884. The highest BCUT2D eigenvalue weighted by Gasteiger charge is 2.39. The molecule has 0 spiro atoms. The van der Waals surface area contributed by atoms with Gasteiger partial charge in [-0.15, -0.1) is 11.3 Å². The summed E-state index contributed by atoms with van der Waals surface area (Å²) in [4.78, 5) is 5.63. The van der Waals surface area contributed by atoms with E-state index in [9.17, 15) is 0 Å². The average molecular weight is 235 g/mol. The molecular formula is C11H13N3OS. The number of thiophene rings is 1. The summed E-state index contributed by atoms with van der Waals surface area (Å²) in [5.41, 5.74) is 5.77. The van der Waals surface area contributed by atoms with Crippen molar-refractivity contribution >= 4 is 11.3 Å². The van der Waals surface area contributed by atoms with Crippen molar-refractivity contribution in [3.8, 4) is 0 Å². The van der Waals surface area contributed by atoms with Crippen LogP contribution in [0.3, 0.4) is 0 Å². The Labute approximate surface area is 97.5 Å². The minimum Gasteiger partial charge on any atom is -0.337 e. The summed E-state index contributed by atoms with van der Waals surface area (Å²) in [5, 5.41) is 6.03. The van der Waals surface area contributed by atoms with Crippen molar-refractivity contribution in [2.24, 2.45) is 5.73 Å². The molecule has 5 heteroatoms. The van der Waals surface area contributed by atoms with Crippen molar-refractivity contribution < 1.29 is 4.52 Å². The van der Waals surface area contributed by atoms with E-state index >= 15 is 0 Å². The lowest BCUT2D eigenvalue weighted by Crippen LogP contribution is -2.43. The van der Waals surface area contributed by atoms with E-state index in [1.165, 1.54) is 4.88 Å². The number of hydrogen-bond donors (Lipinski definition) is 1. The van der Waals surface area contributed by atoms with Crippen molar-refractivity contribution in [1.29, 1.82) is 0 Å². The van der Waals surface area contributed by atoms with Crippen molar-refractivity contribution in [2.45, 2.75) is 31.2 Å². The Morgan fingerprint density at radius 3 is 3.00 bits per heavy atom. The predicted octanol–water partition coefficient (Wildman–Crippen LogP) is 2.06. The van der Waals surface area contributed by atoms with Crippen LogP contribution in [0.25, 0.3) is 0 Å². The molecule has 2 aromatic heterocycles. The first kappa shape index (κ1) is 9.99. The Balaban J connectivity index is 1.78. The van der Waals surface area contributed by atoms with Gasteiger partial charge in [-0.3, -0.25) is 0 Å². The maximum absolute atomic E-state index is 6.12. The van der Waals surface area contributed by atoms with Gasteiger partial charge in [0.2, 0.25) is 5.89 Å². The molecular weight excluding hydrogens is 222 g/mol. The fourth-order valence-electron chi connectivity index (χ4n) is 1.87. The highest BCUT2D eigenvalue weighted by atomic mass is 32.1. The molecule has 0 atom stereocenters. The van der Waals surface area contributed by atoms with Crippen LogP contribution >= 0.6 is 11.3 Å². The molecule has 0 saturated heterocycles. The minimum atomic E-state index is -0.347. The monoisotopic (exact) mass is 235 g/mol. The van der Waals surface area contributed by atoms with Crippen molar-refractivity contribution in [2.75, 3.05) is 0 Å². The summed E-state index contributed by atoms with van der Waals surface area (Å²) in [6, 6.07) is 4.10. The molecule has 0 aromatic carbocycles. The Bertz CT molecular complexity index is 473. The van der Waals surface area contributed by atoms with Crippen LogP contribution in [0.4, 0.5) is 0 Å². The van der Waals surface area contributed by atoms with E-state index in [1.807, 2.05) is 11.4 Å². The Morgan fingerprint density at radius 2 is 2.38 bits per heavy atom. The van der Waals surface area contributed by atoms with Gasteiger partial charge in [0.05, 0.1) is 5.54 Å². The summed E-state index contributed by atoms with van der Waals surface area (Å²) >= 11 is 1.70. The molecule has 0 amide bonds. The number of rotatable bonds is 3. The van der Waals surface area contributed by atoms with E-state index in [0.29, 0.717) is 5.89 Å². The molecule has 1 fully saturated rings. The molecule has 2 aromatic rings. The van der Waals surface area contributed by atoms with E-state index in [4.69, 9.17) is 10.3 Å². The third kappa shape index (κ3) is 1.66. The average Bonchev–Trinajstić information content (AvgIpc) is 2.86. The van der Waals surface area contributed by atoms with Crippen LogP contribution in [0.15, 0.2) is 22.0 Å². The lowest BCUT2D eigenvalue weighted by atomic mass is 9.78. The largest absolute Gasteiger partial charge is 0.337 e. The second-order valence-corrected chi connectivity index (χ2v) is 5.31. The third-order valence-corrected chi connectivity index (χ3v) is 3.93. The van der Waals surface area contributed by atoms with Crippen LogP contribution in [0.2, 0.25) is 0 Å². The van der Waals surface area contributed by atoms with Crippen LogP contribution < -0.4 is 5.73 Å². The minimum absolute atomic E-state index is 0.347. The van der Waals surface area contributed by atoms with Crippen LogP contribution in [-0.2, 0) is 12.0 Å². The zero-order valence-electron chi connectivity index (χ0n) is 8.85. The fraction of sp³-hybridized carbons (Fsp3) is 0.455. The summed E-state index contributed by atoms with van der Waals surface area (Å²) in [5.74, 6) is 1.33. The smallest absolute Gasteiger partial charge is 0.246 e. The van der Waals surface area contributed by atoms with Crippen molar-refractivity contribution in [3.63, 3.8) is 0 Å². The molecule has 3 rings (SSSR count). The molecule has 84 valence electrons. The zero-order chi connectivity index (χ0) is 11.0. The van der Waals surface area contributed by atoms with Gasteiger partial charge in [0.15, 0.2) is 5.82 Å². The van der Waals surface area contributed by atoms with Gasteiger partial charge in [0.25, 0.3) is 0 Å². The molecule has 16 heavy (non-hydrogen) atoms. The standard InChI is InChI=1S/C11H13N3OS/c12-11(4-2-5-11)10-13-9(14-15-10)7-8-3-1-6-16-8/h1,3,6H,2,4-5,7,12H2. The molecule has 0 radical (unpaired) electrons. The van der Waals surface area contributed by atoms with Gasteiger partial charge < -0.3 is 10.3 Å². The van der Waals surface area contributed by atoms with Gasteiger partial charge in [-0.2, -0.15) is 4.98 Å². The molecule has 0 aliphatic heterocycles.